The Morgan fingerprint density at radius 2 is 0.433 bits per heavy atom. The van der Waals surface area contributed by atoms with E-state index in [-0.39, 0.29) is 0 Å². The molecule has 0 radical (unpaired) electrons. The van der Waals surface area contributed by atoms with Crippen LogP contribution in [0.2, 0.25) is 0 Å². The Morgan fingerprint density at radius 3 is 0.900 bits per heavy atom. The van der Waals surface area contributed by atoms with E-state index in [2.05, 4.69) is 544 Å². The van der Waals surface area contributed by atoms with Crippen LogP contribution < -0.4 is 9.80 Å². The maximum absolute atomic E-state index is 2.65. The number of anilines is 6. The predicted molar refractivity (Wildman–Crippen MR) is 637 cm³/mol. The van der Waals surface area contributed by atoms with E-state index in [9.17, 15) is 0 Å². The van der Waals surface area contributed by atoms with E-state index >= 15 is 0 Å². The number of fused-ring (bicyclic) bond motifs is 38. The van der Waals surface area contributed by atoms with Crippen molar-refractivity contribution in [2.75, 3.05) is 9.80 Å². The Kier molecular flexibility index (Phi) is 18.6. The molecule has 0 atom stereocenters. The standard InChI is InChI=1S/C146H88N2S2/c1-4-35-89(36-5-1)93-70-78-136(120(80-93)91-39-8-3-9-40-91)148(138-88-135-125(86-127(138)116-58-34-68-142-144(116)118-56-23-31-66-140(118)150-142)114-54-21-29-64-133(114)146(135)130-61-26-18-51-111(130)112-52-19-27-62-131(112)146)98-73-77-108-106-74-69-94(81-121(106)104-47-14-15-48-105(104)123(108)84-98)92-41-32-42-95(79-92)99-75-71-96(82-119(99)90-37-6-2-7-38-90)147(97-72-76-107-102-45-11-10-43-100(102)101-44-12-13-46-103(101)122(107)83-97)137-87-134-124(85-126(137)115-57-33-67-141-143(115)117-55-22-30-65-139(117)149-141)113-53-20-28-63-132(113)145(134)128-59-24-16-49-109(128)110-50-17-25-60-129(110)145/h1-88H. The smallest absolute Gasteiger partial charge is 0.0726 e. The van der Waals surface area contributed by atoms with Gasteiger partial charge in [0.15, 0.2) is 0 Å². The lowest BCUT2D eigenvalue weighted by Crippen LogP contribution is -2.26. The van der Waals surface area contributed by atoms with E-state index in [1.165, 1.54) is 205 Å². The largest absolute Gasteiger partial charge is 0.310 e. The summed E-state index contributed by atoms with van der Waals surface area (Å²) in [6.45, 7) is 0. The van der Waals surface area contributed by atoms with Gasteiger partial charge >= 0.3 is 0 Å². The third-order valence-corrected chi connectivity index (χ3v) is 35.7. The van der Waals surface area contributed by atoms with Crippen molar-refractivity contribution < 1.29 is 0 Å². The predicted octanol–water partition coefficient (Wildman–Crippen LogP) is 40.6. The molecular weight excluding hydrogens is 1850 g/mol. The topological polar surface area (TPSA) is 6.48 Å². The summed E-state index contributed by atoms with van der Waals surface area (Å²) in [5.74, 6) is 0. The lowest BCUT2D eigenvalue weighted by atomic mass is 9.70. The molecule has 0 amide bonds. The van der Waals surface area contributed by atoms with Gasteiger partial charge in [0.1, 0.15) is 0 Å². The summed E-state index contributed by atoms with van der Waals surface area (Å²) in [6, 6.07) is 204. The van der Waals surface area contributed by atoms with Crippen molar-refractivity contribution in [2.45, 2.75) is 10.8 Å². The second-order valence-corrected chi connectivity index (χ2v) is 43.0. The van der Waals surface area contributed by atoms with Crippen LogP contribution in [0.4, 0.5) is 34.1 Å². The van der Waals surface area contributed by atoms with Gasteiger partial charge in [-0.15, -0.1) is 22.7 Å². The molecule has 2 nitrogen and oxygen atoms in total. The first-order valence-corrected chi connectivity index (χ1v) is 53.7. The van der Waals surface area contributed by atoms with E-state index in [4.69, 9.17) is 0 Å². The van der Waals surface area contributed by atoms with Gasteiger partial charge in [-0.05, 0) is 324 Å². The number of rotatable bonds is 13. The Hall–Kier alpha value is -18.7. The monoisotopic (exact) mass is 1930 g/mol. The van der Waals surface area contributed by atoms with Crippen LogP contribution >= 0.6 is 22.7 Å². The number of nitrogens with zero attached hydrogens (tertiary/aromatic N) is 2. The SMILES string of the molecule is c1ccc(-c2ccc(N(c3ccc4c5ccc(-c6cccc(-c7ccc(N(c8ccc9c%10ccccc%10c%10ccccc%10c9c8)c8cc9c(cc8-c8cccc%10sc%11ccccc%11c8%10)-c8ccccc8C98c9ccccc9-c9ccccc98)cc7-c7ccccc7)c6)cc5c5ccccc5c4c3)c3cc4c(cc3-c3cccc5sc6ccccc6c35)-c3ccccc3C43c4ccccc4-c4ccccc43)c(-c3ccccc3)c2)cc1. The molecule has 2 heterocycles. The molecule has 0 unspecified atom stereocenters. The van der Waals surface area contributed by atoms with Gasteiger partial charge in [-0.25, -0.2) is 0 Å². The second kappa shape index (κ2) is 32.9. The Balaban J connectivity index is 0.596. The van der Waals surface area contributed by atoms with Gasteiger partial charge in [0, 0.05) is 74.1 Å². The van der Waals surface area contributed by atoms with Crippen LogP contribution in [0.1, 0.15) is 44.5 Å². The first-order valence-electron chi connectivity index (χ1n) is 52.1. The molecule has 2 spiro atoms. The highest BCUT2D eigenvalue weighted by molar-refractivity contribution is 7.26. The van der Waals surface area contributed by atoms with E-state index in [1.54, 1.807) is 0 Å². The quantitative estimate of drug-likeness (QED) is 0.106. The molecule has 694 valence electrons. The van der Waals surface area contributed by atoms with Crippen LogP contribution in [-0.2, 0) is 10.8 Å². The highest BCUT2D eigenvalue weighted by Crippen LogP contribution is 2.68. The van der Waals surface area contributed by atoms with Crippen LogP contribution in [0.15, 0.2) is 534 Å². The zero-order valence-corrected chi connectivity index (χ0v) is 83.2. The van der Waals surface area contributed by atoms with Crippen molar-refractivity contribution in [3.63, 3.8) is 0 Å². The number of hydrogen-bond donors (Lipinski definition) is 0. The lowest BCUT2D eigenvalue weighted by molar-refractivity contribution is 0.794. The zero-order chi connectivity index (χ0) is 98.1. The van der Waals surface area contributed by atoms with Crippen molar-refractivity contribution in [3.05, 3.63) is 578 Å². The molecule has 4 aliphatic rings. The fraction of sp³-hybridized carbons (Fsp3) is 0.0137. The van der Waals surface area contributed by atoms with Gasteiger partial charge in [0.2, 0.25) is 0 Å². The first kappa shape index (κ1) is 84.6. The zero-order valence-electron chi connectivity index (χ0n) is 81.5. The normalized spacial score (nSPS) is 13.0. The minimum absolute atomic E-state index is 0.641. The molecule has 150 heavy (non-hydrogen) atoms. The Bertz CT molecular complexity index is 10500. The molecule has 2 aromatic heterocycles. The van der Waals surface area contributed by atoms with Crippen molar-refractivity contribution in [1.82, 2.24) is 0 Å². The minimum atomic E-state index is -0.643. The van der Waals surface area contributed by atoms with E-state index in [1.807, 2.05) is 22.7 Å². The molecule has 4 heteroatoms. The van der Waals surface area contributed by atoms with Gasteiger partial charge in [0.05, 0.1) is 27.9 Å². The lowest BCUT2D eigenvalue weighted by Gasteiger charge is -2.34. The van der Waals surface area contributed by atoms with Gasteiger partial charge in [-0.2, -0.15) is 0 Å². The molecule has 0 saturated carbocycles. The maximum Gasteiger partial charge on any atom is 0.0726 e. The van der Waals surface area contributed by atoms with E-state index in [0.717, 1.165) is 101 Å². The van der Waals surface area contributed by atoms with Crippen molar-refractivity contribution >= 4 is 162 Å². The van der Waals surface area contributed by atoms with Crippen LogP contribution in [0.5, 0.6) is 0 Å². The third kappa shape index (κ3) is 12.2. The number of hydrogen-bond acceptors (Lipinski definition) is 4. The molecule has 0 saturated heterocycles. The average molecular weight is 1930 g/mol. The third-order valence-electron chi connectivity index (χ3n) is 33.4. The summed E-state index contributed by atoms with van der Waals surface area (Å²) in [5.41, 5.74) is 41.6. The number of benzene rings is 26. The molecule has 32 rings (SSSR count). The maximum atomic E-state index is 2.65. The molecule has 28 aromatic rings. The fourth-order valence-corrected chi connectivity index (χ4v) is 29.5. The summed E-state index contributed by atoms with van der Waals surface area (Å²) >= 11 is 3.76. The molecule has 0 fully saturated rings. The second-order valence-electron chi connectivity index (χ2n) is 40.8. The summed E-state index contributed by atoms with van der Waals surface area (Å²) in [6.07, 6.45) is 0. The summed E-state index contributed by atoms with van der Waals surface area (Å²) < 4.78 is 5.06. The molecule has 26 aromatic carbocycles. The summed E-state index contributed by atoms with van der Waals surface area (Å²) in [7, 11) is 0. The Labute approximate surface area is 876 Å². The van der Waals surface area contributed by atoms with Gasteiger partial charge < -0.3 is 9.80 Å². The molecule has 0 aliphatic heterocycles. The fourth-order valence-electron chi connectivity index (χ4n) is 27.2. The number of thiophene rings is 2. The van der Waals surface area contributed by atoms with Crippen LogP contribution in [0.25, 0.3) is 227 Å². The van der Waals surface area contributed by atoms with Crippen LogP contribution in [0, 0.1) is 0 Å². The molecule has 0 bridgehead atoms. The minimum Gasteiger partial charge on any atom is -0.310 e. The summed E-state index contributed by atoms with van der Waals surface area (Å²) in [4.78, 5) is 5.29. The van der Waals surface area contributed by atoms with Crippen LogP contribution in [0.3, 0.4) is 0 Å². The highest BCUT2D eigenvalue weighted by Gasteiger charge is 2.54. The van der Waals surface area contributed by atoms with Crippen LogP contribution in [-0.4, -0.2) is 0 Å². The van der Waals surface area contributed by atoms with Gasteiger partial charge in [0.25, 0.3) is 0 Å². The van der Waals surface area contributed by atoms with E-state index in [0.29, 0.717) is 0 Å². The van der Waals surface area contributed by atoms with Gasteiger partial charge in [-0.1, -0.05) is 425 Å². The van der Waals surface area contributed by atoms with Crippen molar-refractivity contribution in [3.8, 4) is 122 Å². The molecule has 0 N–H and O–H groups in total. The average Bonchev–Trinajstić information content (AvgIpc) is 1.50. The summed E-state index contributed by atoms with van der Waals surface area (Å²) in [5, 5.41) is 19.5. The van der Waals surface area contributed by atoms with E-state index < -0.39 is 10.8 Å². The van der Waals surface area contributed by atoms with Crippen molar-refractivity contribution in [2.24, 2.45) is 0 Å². The van der Waals surface area contributed by atoms with Gasteiger partial charge in [-0.3, -0.25) is 0 Å². The van der Waals surface area contributed by atoms with Crippen molar-refractivity contribution in [1.29, 1.82) is 0 Å². The Morgan fingerprint density at radius 1 is 0.127 bits per heavy atom. The molecule has 4 aliphatic carbocycles. The first-order chi connectivity index (χ1) is 74.4. The molecular formula is C146H88N2S2. The highest BCUT2D eigenvalue weighted by atomic mass is 32.1.